The second kappa shape index (κ2) is 3.93. The van der Waals surface area contributed by atoms with Crippen LogP contribution in [0.2, 0.25) is 0 Å². The number of rotatable bonds is 2. The van der Waals surface area contributed by atoms with E-state index >= 15 is 0 Å². The molecule has 0 aliphatic heterocycles. The first-order valence-electron chi connectivity index (χ1n) is 4.25. The molecule has 0 N–H and O–H groups in total. The molecular formula is C11H11NO2. The van der Waals surface area contributed by atoms with Crippen LogP contribution in [0.5, 0.6) is 0 Å². The van der Waals surface area contributed by atoms with Crippen molar-refractivity contribution in [1.29, 1.82) is 5.26 Å². The fourth-order valence-electron chi connectivity index (χ4n) is 1.15. The smallest absolute Gasteiger partial charge is 0.411 e. The minimum absolute atomic E-state index is 0.756. The van der Waals surface area contributed by atoms with Gasteiger partial charge in [0, 0.05) is 0 Å². The summed E-state index contributed by atoms with van der Waals surface area (Å²) in [7, 11) is 0. The normalized spacial score (nSPS) is 10.4. The van der Waals surface area contributed by atoms with Crippen molar-refractivity contribution in [3.8, 4) is 6.07 Å². The maximum Gasteiger partial charge on any atom is 0.411 e. The van der Waals surface area contributed by atoms with Gasteiger partial charge in [-0.2, -0.15) is 5.26 Å². The molecule has 1 aromatic carbocycles. The number of carbonyl (C=O) groups excluding carboxylic acids is 1. The number of nitrogens with zero attached hydrogens (tertiary/aromatic N) is 1. The van der Waals surface area contributed by atoms with Gasteiger partial charge in [0.25, 0.3) is 0 Å². The highest BCUT2D eigenvalue weighted by Crippen LogP contribution is 2.23. The molecular weight excluding hydrogens is 178 g/mol. The second-order valence-electron chi connectivity index (χ2n) is 3.38. The summed E-state index contributed by atoms with van der Waals surface area (Å²) in [5.74, 6) is -0.862. The quantitative estimate of drug-likeness (QED) is 0.528. The molecule has 3 nitrogen and oxygen atoms in total. The number of esters is 1. The number of hydrogen-bond acceptors (Lipinski definition) is 3. The summed E-state index contributed by atoms with van der Waals surface area (Å²) in [6, 6.07) is 10.7. The third-order valence-electron chi connectivity index (χ3n) is 1.91. The molecule has 3 heteroatoms. The molecule has 72 valence electrons. The van der Waals surface area contributed by atoms with E-state index < -0.39 is 11.6 Å². The van der Waals surface area contributed by atoms with Gasteiger partial charge in [0.05, 0.1) is 0 Å². The van der Waals surface area contributed by atoms with Crippen LogP contribution < -0.4 is 0 Å². The fourth-order valence-corrected chi connectivity index (χ4v) is 1.15. The highest BCUT2D eigenvalue weighted by atomic mass is 16.6. The fraction of sp³-hybridized carbons (Fsp3) is 0.273. The molecule has 0 heterocycles. The minimum Gasteiger partial charge on any atom is -0.444 e. The Hall–Kier alpha value is -1.82. The Kier molecular flexibility index (Phi) is 2.88. The van der Waals surface area contributed by atoms with Gasteiger partial charge in [0.1, 0.15) is 5.60 Å². The zero-order valence-electron chi connectivity index (χ0n) is 8.15. The van der Waals surface area contributed by atoms with Crippen LogP contribution in [0.4, 0.5) is 0 Å². The van der Waals surface area contributed by atoms with Gasteiger partial charge in [0.15, 0.2) is 6.07 Å². The zero-order chi connectivity index (χ0) is 10.6. The van der Waals surface area contributed by atoms with Crippen molar-refractivity contribution in [3.63, 3.8) is 0 Å². The van der Waals surface area contributed by atoms with Gasteiger partial charge in [0.2, 0.25) is 0 Å². The molecule has 0 aromatic heterocycles. The van der Waals surface area contributed by atoms with Crippen molar-refractivity contribution < 1.29 is 9.53 Å². The lowest BCUT2D eigenvalue weighted by Crippen LogP contribution is -2.24. The first kappa shape index (κ1) is 10.3. The summed E-state index contributed by atoms with van der Waals surface area (Å²) in [6.07, 6.45) is 0. The topological polar surface area (TPSA) is 50.1 Å². The lowest BCUT2D eigenvalue weighted by atomic mass is 9.98. The molecule has 14 heavy (non-hydrogen) atoms. The van der Waals surface area contributed by atoms with Crippen LogP contribution in [-0.4, -0.2) is 5.97 Å². The molecule has 0 atom stereocenters. The average molecular weight is 189 g/mol. The number of carbonyl (C=O) groups is 1. The molecule has 0 aliphatic carbocycles. The standard InChI is InChI=1S/C11H11NO2/c1-11(2,14-10(13)8-12)9-6-4-3-5-7-9/h3-7H,1-2H3. The van der Waals surface area contributed by atoms with Gasteiger partial charge in [-0.05, 0) is 19.4 Å². The van der Waals surface area contributed by atoms with Gasteiger partial charge in [-0.15, -0.1) is 0 Å². The SMILES string of the molecule is CC(C)(OC(=O)C#N)c1ccccc1. The predicted molar refractivity (Wildman–Crippen MR) is 51.2 cm³/mol. The molecule has 0 radical (unpaired) electrons. The van der Waals surface area contributed by atoms with Gasteiger partial charge in [-0.3, -0.25) is 0 Å². The lowest BCUT2D eigenvalue weighted by Gasteiger charge is -2.23. The molecule has 0 saturated heterocycles. The minimum atomic E-state index is -0.862. The Morgan fingerprint density at radius 3 is 2.43 bits per heavy atom. The molecule has 1 rings (SSSR count). The van der Waals surface area contributed by atoms with E-state index in [1.54, 1.807) is 13.8 Å². The van der Waals surface area contributed by atoms with E-state index in [2.05, 4.69) is 0 Å². The van der Waals surface area contributed by atoms with Crippen LogP contribution in [0.3, 0.4) is 0 Å². The van der Waals surface area contributed by atoms with Crippen molar-refractivity contribution in [1.82, 2.24) is 0 Å². The van der Waals surface area contributed by atoms with Crippen molar-refractivity contribution in [2.45, 2.75) is 19.4 Å². The van der Waals surface area contributed by atoms with Crippen LogP contribution in [0.25, 0.3) is 0 Å². The van der Waals surface area contributed by atoms with Crippen LogP contribution in [0.15, 0.2) is 30.3 Å². The third-order valence-corrected chi connectivity index (χ3v) is 1.91. The third kappa shape index (κ3) is 2.33. The van der Waals surface area contributed by atoms with E-state index in [-0.39, 0.29) is 0 Å². The van der Waals surface area contributed by atoms with E-state index in [4.69, 9.17) is 10.00 Å². The van der Waals surface area contributed by atoms with Crippen molar-refractivity contribution in [3.05, 3.63) is 35.9 Å². The summed E-state index contributed by atoms with van der Waals surface area (Å²) >= 11 is 0. The highest BCUT2D eigenvalue weighted by Gasteiger charge is 2.24. The summed E-state index contributed by atoms with van der Waals surface area (Å²) in [6.45, 7) is 3.50. The van der Waals surface area contributed by atoms with Crippen LogP contribution in [0.1, 0.15) is 19.4 Å². The predicted octanol–water partition coefficient (Wildman–Crippen LogP) is 1.99. The van der Waals surface area contributed by atoms with Crippen molar-refractivity contribution in [2.75, 3.05) is 0 Å². The Morgan fingerprint density at radius 1 is 1.36 bits per heavy atom. The van der Waals surface area contributed by atoms with Gasteiger partial charge < -0.3 is 4.74 Å². The molecule has 0 aliphatic rings. The Balaban J connectivity index is 2.87. The molecule has 0 spiro atoms. The molecule has 0 amide bonds. The van der Waals surface area contributed by atoms with Crippen LogP contribution in [-0.2, 0) is 15.1 Å². The average Bonchev–Trinajstić information content (AvgIpc) is 2.18. The van der Waals surface area contributed by atoms with Gasteiger partial charge in [-0.1, -0.05) is 30.3 Å². The zero-order valence-corrected chi connectivity index (χ0v) is 8.15. The number of nitriles is 1. The van der Waals surface area contributed by atoms with Gasteiger partial charge >= 0.3 is 5.97 Å². The van der Waals surface area contributed by atoms with Crippen LogP contribution >= 0.6 is 0 Å². The number of benzene rings is 1. The molecule has 0 unspecified atom stereocenters. The van der Waals surface area contributed by atoms with E-state index in [9.17, 15) is 4.79 Å². The Labute approximate surface area is 82.9 Å². The summed E-state index contributed by atoms with van der Waals surface area (Å²) < 4.78 is 4.97. The van der Waals surface area contributed by atoms with Crippen LogP contribution in [0, 0.1) is 11.3 Å². The van der Waals surface area contributed by atoms with Crippen molar-refractivity contribution in [2.24, 2.45) is 0 Å². The number of ether oxygens (including phenoxy) is 1. The molecule has 1 aromatic rings. The Morgan fingerprint density at radius 2 is 1.93 bits per heavy atom. The van der Waals surface area contributed by atoms with E-state index in [0.717, 1.165) is 5.56 Å². The molecule has 0 saturated carbocycles. The maximum atomic E-state index is 10.8. The molecule has 0 bridgehead atoms. The first-order chi connectivity index (χ1) is 6.56. The van der Waals surface area contributed by atoms with E-state index in [1.807, 2.05) is 30.3 Å². The summed E-state index contributed by atoms with van der Waals surface area (Å²) in [4.78, 5) is 10.8. The first-order valence-corrected chi connectivity index (χ1v) is 4.25. The second-order valence-corrected chi connectivity index (χ2v) is 3.38. The van der Waals surface area contributed by atoms with Crippen molar-refractivity contribution >= 4 is 5.97 Å². The number of hydrogen-bond donors (Lipinski definition) is 0. The lowest BCUT2D eigenvalue weighted by molar-refractivity contribution is -0.150. The monoisotopic (exact) mass is 189 g/mol. The molecule has 0 fully saturated rings. The largest absolute Gasteiger partial charge is 0.444 e. The van der Waals surface area contributed by atoms with E-state index in [0.29, 0.717) is 0 Å². The Bertz CT molecular complexity index is 363. The summed E-state index contributed by atoms with van der Waals surface area (Å²) in [5.41, 5.74) is 0.109. The van der Waals surface area contributed by atoms with E-state index in [1.165, 1.54) is 6.07 Å². The summed E-state index contributed by atoms with van der Waals surface area (Å²) in [5, 5.41) is 8.32. The van der Waals surface area contributed by atoms with Gasteiger partial charge in [-0.25, -0.2) is 4.79 Å². The highest BCUT2D eigenvalue weighted by molar-refractivity contribution is 5.86. The maximum absolute atomic E-state index is 10.8.